The van der Waals surface area contributed by atoms with Crippen LogP contribution in [0.15, 0.2) is 23.0 Å². The zero-order chi connectivity index (χ0) is 13.8. The zero-order valence-corrected chi connectivity index (χ0v) is 12.3. The van der Waals surface area contributed by atoms with Crippen molar-refractivity contribution in [1.82, 2.24) is 4.37 Å². The van der Waals surface area contributed by atoms with Crippen molar-refractivity contribution in [2.24, 2.45) is 0 Å². The number of rotatable bonds is 1. The predicted molar refractivity (Wildman–Crippen MR) is 78.2 cm³/mol. The highest BCUT2D eigenvalue weighted by Gasteiger charge is 2.51. The third-order valence-electron chi connectivity index (χ3n) is 4.03. The Labute approximate surface area is 116 Å². The van der Waals surface area contributed by atoms with E-state index in [1.165, 1.54) is 11.5 Å². The fourth-order valence-corrected chi connectivity index (χ4v) is 2.87. The standard InChI is InChI=1S/C13H16BNO3S/c1-12(2)13(3,4)18-14(17-12)8-5-6-9-10(7-8)19-15-11(9)16/h5-7H,1-4H3,(H,15,16). The molecule has 3 rings (SSSR count). The first-order valence-electron chi connectivity index (χ1n) is 6.27. The van der Waals surface area contributed by atoms with E-state index in [1.807, 2.05) is 45.9 Å². The van der Waals surface area contributed by atoms with Gasteiger partial charge in [-0.05, 0) is 45.3 Å². The molecule has 19 heavy (non-hydrogen) atoms. The van der Waals surface area contributed by atoms with Crippen LogP contribution in [-0.2, 0) is 9.31 Å². The Hall–Kier alpha value is -1.11. The molecule has 6 heteroatoms. The van der Waals surface area contributed by atoms with Crippen molar-refractivity contribution in [3.8, 4) is 0 Å². The summed E-state index contributed by atoms with van der Waals surface area (Å²) in [5.41, 5.74) is 0.206. The molecule has 1 saturated heterocycles. The summed E-state index contributed by atoms with van der Waals surface area (Å²) in [5, 5.41) is 0.713. The maximum absolute atomic E-state index is 11.5. The molecule has 0 spiro atoms. The Balaban J connectivity index is 2.00. The first-order chi connectivity index (χ1) is 8.80. The smallest absolute Gasteiger partial charge is 0.399 e. The number of H-pyrrole nitrogens is 1. The molecular formula is C13H16BNO3S. The minimum absolute atomic E-state index is 0.0412. The second-order valence-corrected chi connectivity index (χ2v) is 6.73. The second-order valence-electron chi connectivity index (χ2n) is 5.88. The number of fused-ring (bicyclic) bond motifs is 1. The van der Waals surface area contributed by atoms with Gasteiger partial charge in [0.2, 0.25) is 0 Å². The van der Waals surface area contributed by atoms with Gasteiger partial charge in [0.05, 0.1) is 21.3 Å². The molecule has 1 aliphatic heterocycles. The van der Waals surface area contributed by atoms with Crippen molar-refractivity contribution < 1.29 is 9.31 Å². The van der Waals surface area contributed by atoms with Crippen molar-refractivity contribution in [3.05, 3.63) is 28.6 Å². The van der Waals surface area contributed by atoms with Gasteiger partial charge < -0.3 is 9.31 Å². The molecule has 2 heterocycles. The molecule has 0 atom stereocenters. The molecule has 0 radical (unpaired) electrons. The van der Waals surface area contributed by atoms with Crippen LogP contribution in [0.5, 0.6) is 0 Å². The lowest BCUT2D eigenvalue weighted by molar-refractivity contribution is 0.00578. The van der Waals surface area contributed by atoms with E-state index in [4.69, 9.17) is 9.31 Å². The Morgan fingerprint density at radius 1 is 1.16 bits per heavy atom. The summed E-state index contributed by atoms with van der Waals surface area (Å²) in [6.45, 7) is 8.11. The summed E-state index contributed by atoms with van der Waals surface area (Å²) >= 11 is 1.34. The second kappa shape index (κ2) is 3.94. The molecule has 1 aliphatic rings. The molecule has 1 aromatic carbocycles. The van der Waals surface area contributed by atoms with Gasteiger partial charge in [-0.25, -0.2) is 0 Å². The van der Waals surface area contributed by atoms with E-state index in [2.05, 4.69) is 4.37 Å². The number of hydrogen-bond donors (Lipinski definition) is 1. The summed E-state index contributed by atoms with van der Waals surface area (Å²) < 4.78 is 15.7. The summed E-state index contributed by atoms with van der Waals surface area (Å²) in [5.74, 6) is 0. The first-order valence-corrected chi connectivity index (χ1v) is 7.09. The Kier molecular flexibility index (Phi) is 2.68. The topological polar surface area (TPSA) is 51.3 Å². The van der Waals surface area contributed by atoms with Crippen LogP contribution in [0.3, 0.4) is 0 Å². The summed E-state index contributed by atoms with van der Waals surface area (Å²) in [4.78, 5) is 11.5. The summed E-state index contributed by atoms with van der Waals surface area (Å²) in [6, 6.07) is 5.68. The molecule has 0 unspecified atom stereocenters. The van der Waals surface area contributed by atoms with E-state index in [-0.39, 0.29) is 23.9 Å². The van der Waals surface area contributed by atoms with Crippen LogP contribution in [0.2, 0.25) is 0 Å². The lowest BCUT2D eigenvalue weighted by atomic mass is 9.79. The van der Waals surface area contributed by atoms with Gasteiger partial charge >= 0.3 is 7.12 Å². The van der Waals surface area contributed by atoms with Gasteiger partial charge in [-0.2, -0.15) is 0 Å². The van der Waals surface area contributed by atoms with Gasteiger partial charge in [-0.1, -0.05) is 17.6 Å². The SMILES string of the molecule is CC1(C)OB(c2ccc3c(=O)[nH]sc3c2)OC1(C)C. The lowest BCUT2D eigenvalue weighted by Crippen LogP contribution is -2.41. The number of hydrogen-bond acceptors (Lipinski definition) is 4. The van der Waals surface area contributed by atoms with E-state index >= 15 is 0 Å². The van der Waals surface area contributed by atoms with E-state index in [0.29, 0.717) is 5.39 Å². The van der Waals surface area contributed by atoms with E-state index in [0.717, 1.165) is 10.2 Å². The molecule has 2 aromatic rings. The molecule has 0 saturated carbocycles. The van der Waals surface area contributed by atoms with E-state index in [9.17, 15) is 4.79 Å². The normalized spacial score (nSPS) is 21.2. The number of aromatic nitrogens is 1. The quantitative estimate of drug-likeness (QED) is 0.810. The summed E-state index contributed by atoms with van der Waals surface area (Å²) in [6.07, 6.45) is 0. The van der Waals surface area contributed by atoms with Crippen molar-refractivity contribution in [2.45, 2.75) is 38.9 Å². The maximum Gasteiger partial charge on any atom is 0.494 e. The molecule has 0 aliphatic carbocycles. The lowest BCUT2D eigenvalue weighted by Gasteiger charge is -2.32. The van der Waals surface area contributed by atoms with Crippen LogP contribution < -0.4 is 11.0 Å². The van der Waals surface area contributed by atoms with Crippen LogP contribution in [-0.4, -0.2) is 22.7 Å². The third kappa shape index (κ3) is 1.95. The largest absolute Gasteiger partial charge is 0.494 e. The molecular weight excluding hydrogens is 261 g/mol. The molecule has 1 N–H and O–H groups in total. The number of aromatic amines is 1. The van der Waals surface area contributed by atoms with Gasteiger partial charge in [-0.15, -0.1) is 0 Å². The van der Waals surface area contributed by atoms with Gasteiger partial charge in [0.15, 0.2) is 0 Å². The Bertz CT molecular complexity index is 672. The molecule has 0 amide bonds. The Morgan fingerprint density at radius 2 is 1.79 bits per heavy atom. The highest BCUT2D eigenvalue weighted by molar-refractivity contribution is 7.13. The van der Waals surface area contributed by atoms with Crippen LogP contribution >= 0.6 is 11.5 Å². The predicted octanol–water partition coefficient (Wildman–Crippen LogP) is 1.89. The zero-order valence-electron chi connectivity index (χ0n) is 11.4. The molecule has 1 aromatic heterocycles. The molecule has 1 fully saturated rings. The minimum atomic E-state index is -0.383. The third-order valence-corrected chi connectivity index (χ3v) is 4.87. The molecule has 100 valence electrons. The van der Waals surface area contributed by atoms with Crippen LogP contribution in [0.25, 0.3) is 10.1 Å². The monoisotopic (exact) mass is 277 g/mol. The van der Waals surface area contributed by atoms with Crippen LogP contribution in [0.1, 0.15) is 27.7 Å². The maximum atomic E-state index is 11.5. The Morgan fingerprint density at radius 3 is 2.42 bits per heavy atom. The van der Waals surface area contributed by atoms with E-state index in [1.54, 1.807) is 0 Å². The molecule has 4 nitrogen and oxygen atoms in total. The number of benzene rings is 1. The van der Waals surface area contributed by atoms with Crippen molar-refractivity contribution in [3.63, 3.8) is 0 Å². The van der Waals surface area contributed by atoms with Crippen LogP contribution in [0, 0.1) is 0 Å². The van der Waals surface area contributed by atoms with Crippen molar-refractivity contribution in [1.29, 1.82) is 0 Å². The van der Waals surface area contributed by atoms with Gasteiger partial charge in [0, 0.05) is 0 Å². The highest BCUT2D eigenvalue weighted by Crippen LogP contribution is 2.36. The average Bonchev–Trinajstić information content (AvgIpc) is 2.78. The van der Waals surface area contributed by atoms with Crippen molar-refractivity contribution >= 4 is 34.2 Å². The molecule has 0 bridgehead atoms. The van der Waals surface area contributed by atoms with Gasteiger partial charge in [0.25, 0.3) is 5.56 Å². The fraction of sp³-hybridized carbons (Fsp3) is 0.462. The van der Waals surface area contributed by atoms with Crippen molar-refractivity contribution in [2.75, 3.05) is 0 Å². The summed E-state index contributed by atoms with van der Waals surface area (Å²) in [7, 11) is -0.383. The van der Waals surface area contributed by atoms with Crippen LogP contribution in [0.4, 0.5) is 0 Å². The van der Waals surface area contributed by atoms with Gasteiger partial charge in [0.1, 0.15) is 0 Å². The average molecular weight is 277 g/mol. The number of nitrogens with one attached hydrogen (secondary N) is 1. The first kappa shape index (κ1) is 12.9. The van der Waals surface area contributed by atoms with E-state index < -0.39 is 0 Å². The fourth-order valence-electron chi connectivity index (χ4n) is 2.09. The minimum Gasteiger partial charge on any atom is -0.399 e. The highest BCUT2D eigenvalue weighted by atomic mass is 32.1. The van der Waals surface area contributed by atoms with Gasteiger partial charge in [-0.3, -0.25) is 9.17 Å².